The van der Waals surface area contributed by atoms with Gasteiger partial charge in [0.15, 0.2) is 11.5 Å². The lowest BCUT2D eigenvalue weighted by molar-refractivity contribution is -0.128. The molecule has 8 heteroatoms. The van der Waals surface area contributed by atoms with E-state index in [0.29, 0.717) is 56.7 Å². The third-order valence-electron chi connectivity index (χ3n) is 5.54. The number of nitrogens with one attached hydrogen (secondary N) is 2. The molecule has 0 spiro atoms. The summed E-state index contributed by atoms with van der Waals surface area (Å²) in [4.78, 5) is 27.5. The van der Waals surface area contributed by atoms with Gasteiger partial charge in [-0.3, -0.25) is 4.79 Å². The van der Waals surface area contributed by atoms with Crippen LogP contribution in [0.15, 0.2) is 18.2 Å². The van der Waals surface area contributed by atoms with Crippen molar-refractivity contribution in [2.45, 2.75) is 31.7 Å². The standard InChI is InChI=1S/C20H27N3O5/c24-19-15-3-1-2-4-16(15)23(8-10-26-9-7-21-19)20(25)22-14-5-6-17-18(13-14)28-12-11-27-17/h5-6,13,15-16H,1-4,7-12H2,(H,21,24)(H,22,25). The van der Waals surface area contributed by atoms with Gasteiger partial charge in [-0.15, -0.1) is 0 Å². The van der Waals surface area contributed by atoms with Crippen molar-refractivity contribution >= 4 is 17.6 Å². The molecule has 3 aliphatic rings. The van der Waals surface area contributed by atoms with E-state index in [4.69, 9.17) is 14.2 Å². The van der Waals surface area contributed by atoms with Crippen LogP contribution in [0, 0.1) is 5.92 Å². The number of fused-ring (bicyclic) bond motifs is 2. The Morgan fingerprint density at radius 3 is 2.79 bits per heavy atom. The number of anilines is 1. The predicted molar refractivity (Wildman–Crippen MR) is 103 cm³/mol. The number of carbonyl (C=O) groups excluding carboxylic acids is 2. The fourth-order valence-electron chi connectivity index (χ4n) is 4.17. The van der Waals surface area contributed by atoms with Crippen molar-refractivity contribution in [2.24, 2.45) is 5.92 Å². The van der Waals surface area contributed by atoms with Crippen molar-refractivity contribution in [3.05, 3.63) is 18.2 Å². The van der Waals surface area contributed by atoms with Crippen LogP contribution in [-0.2, 0) is 9.53 Å². The van der Waals surface area contributed by atoms with Gasteiger partial charge in [-0.25, -0.2) is 4.79 Å². The summed E-state index contributed by atoms with van der Waals surface area (Å²) in [5.74, 6) is 1.16. The van der Waals surface area contributed by atoms with Crippen molar-refractivity contribution in [3.63, 3.8) is 0 Å². The zero-order valence-electron chi connectivity index (χ0n) is 15.9. The first kappa shape index (κ1) is 18.9. The third-order valence-corrected chi connectivity index (χ3v) is 5.54. The van der Waals surface area contributed by atoms with E-state index in [1.54, 1.807) is 23.1 Å². The van der Waals surface area contributed by atoms with Crippen LogP contribution in [0.25, 0.3) is 0 Å². The summed E-state index contributed by atoms with van der Waals surface area (Å²) in [6, 6.07) is 5.04. The van der Waals surface area contributed by atoms with E-state index >= 15 is 0 Å². The largest absolute Gasteiger partial charge is 0.486 e. The predicted octanol–water partition coefficient (Wildman–Crippen LogP) is 2.00. The van der Waals surface area contributed by atoms with Gasteiger partial charge in [0.05, 0.1) is 19.1 Å². The lowest BCUT2D eigenvalue weighted by atomic mass is 9.82. The molecule has 2 aliphatic heterocycles. The van der Waals surface area contributed by atoms with Crippen LogP contribution in [0.4, 0.5) is 10.5 Å². The summed E-state index contributed by atoms with van der Waals surface area (Å²) in [6.07, 6.45) is 3.67. The van der Waals surface area contributed by atoms with E-state index in [9.17, 15) is 9.59 Å². The van der Waals surface area contributed by atoms with E-state index in [0.717, 1.165) is 25.7 Å². The van der Waals surface area contributed by atoms with Crippen LogP contribution in [0.2, 0.25) is 0 Å². The maximum atomic E-state index is 13.1. The number of urea groups is 1. The molecule has 4 rings (SSSR count). The molecule has 0 bridgehead atoms. The van der Waals surface area contributed by atoms with Crippen LogP contribution in [0.3, 0.4) is 0 Å². The van der Waals surface area contributed by atoms with Gasteiger partial charge in [0.25, 0.3) is 0 Å². The van der Waals surface area contributed by atoms with E-state index in [-0.39, 0.29) is 23.9 Å². The number of ether oxygens (including phenoxy) is 3. The Morgan fingerprint density at radius 1 is 1.07 bits per heavy atom. The lowest BCUT2D eigenvalue weighted by Gasteiger charge is -2.39. The van der Waals surface area contributed by atoms with Crippen molar-refractivity contribution in [1.82, 2.24) is 10.2 Å². The Morgan fingerprint density at radius 2 is 1.89 bits per heavy atom. The number of nitrogens with zero attached hydrogens (tertiary/aromatic N) is 1. The Balaban J connectivity index is 1.52. The molecule has 2 N–H and O–H groups in total. The Bertz CT molecular complexity index is 726. The zero-order chi connectivity index (χ0) is 19.3. The van der Waals surface area contributed by atoms with E-state index < -0.39 is 0 Å². The van der Waals surface area contributed by atoms with E-state index in [1.807, 2.05) is 0 Å². The van der Waals surface area contributed by atoms with Gasteiger partial charge in [-0.1, -0.05) is 12.8 Å². The highest BCUT2D eigenvalue weighted by molar-refractivity contribution is 5.90. The molecule has 0 radical (unpaired) electrons. The number of rotatable bonds is 1. The van der Waals surface area contributed by atoms with E-state index in [2.05, 4.69) is 10.6 Å². The van der Waals surface area contributed by atoms with Gasteiger partial charge in [0.2, 0.25) is 5.91 Å². The summed E-state index contributed by atoms with van der Waals surface area (Å²) < 4.78 is 16.7. The molecular weight excluding hydrogens is 362 g/mol. The van der Waals surface area contributed by atoms with Crippen molar-refractivity contribution in [2.75, 3.05) is 44.8 Å². The van der Waals surface area contributed by atoms with Gasteiger partial charge in [-0.2, -0.15) is 0 Å². The van der Waals surface area contributed by atoms with Gasteiger partial charge in [0.1, 0.15) is 13.2 Å². The highest BCUT2D eigenvalue weighted by Crippen LogP contribution is 2.33. The monoisotopic (exact) mass is 389 g/mol. The summed E-state index contributed by atoms with van der Waals surface area (Å²) >= 11 is 0. The summed E-state index contributed by atoms with van der Waals surface area (Å²) in [5, 5.41) is 5.90. The minimum absolute atomic E-state index is 0.0207. The van der Waals surface area contributed by atoms with Crippen LogP contribution in [0.5, 0.6) is 11.5 Å². The molecule has 1 aromatic rings. The van der Waals surface area contributed by atoms with Gasteiger partial charge < -0.3 is 29.7 Å². The average molecular weight is 389 g/mol. The van der Waals surface area contributed by atoms with Crippen LogP contribution in [-0.4, -0.2) is 62.4 Å². The smallest absolute Gasteiger partial charge is 0.322 e. The molecule has 1 saturated carbocycles. The molecule has 2 fully saturated rings. The number of benzene rings is 1. The van der Waals surface area contributed by atoms with Gasteiger partial charge >= 0.3 is 6.03 Å². The molecular formula is C20H27N3O5. The van der Waals surface area contributed by atoms with E-state index in [1.165, 1.54) is 0 Å². The Kier molecular flexibility index (Phi) is 5.85. The van der Waals surface area contributed by atoms with Gasteiger partial charge in [-0.05, 0) is 25.0 Å². The molecule has 8 nitrogen and oxygen atoms in total. The first-order chi connectivity index (χ1) is 13.7. The maximum Gasteiger partial charge on any atom is 0.322 e. The second-order valence-electron chi connectivity index (χ2n) is 7.34. The fraction of sp³-hybridized carbons (Fsp3) is 0.600. The Labute approximate surface area is 164 Å². The van der Waals surface area contributed by atoms with Gasteiger partial charge in [0, 0.05) is 30.9 Å². The molecule has 2 heterocycles. The SMILES string of the molecule is O=C1NCCOCCN(C(=O)Nc2ccc3c(c2)OCCO3)C2CCCCC12. The molecule has 28 heavy (non-hydrogen) atoms. The Hall–Kier alpha value is -2.48. The first-order valence-corrected chi connectivity index (χ1v) is 10.0. The second kappa shape index (κ2) is 8.68. The molecule has 1 aliphatic carbocycles. The number of hydrogen-bond donors (Lipinski definition) is 2. The molecule has 3 amide bonds. The number of hydrogen-bond acceptors (Lipinski definition) is 5. The number of carbonyl (C=O) groups is 2. The number of amides is 3. The normalized spacial score (nSPS) is 25.3. The zero-order valence-corrected chi connectivity index (χ0v) is 15.9. The molecule has 1 saturated heterocycles. The lowest BCUT2D eigenvalue weighted by Crippen LogP contribution is -2.54. The average Bonchev–Trinajstić information content (AvgIpc) is 2.73. The second-order valence-corrected chi connectivity index (χ2v) is 7.34. The van der Waals surface area contributed by atoms with Crippen molar-refractivity contribution in [3.8, 4) is 11.5 Å². The quantitative estimate of drug-likeness (QED) is 0.767. The van der Waals surface area contributed by atoms with Crippen LogP contribution in [0.1, 0.15) is 25.7 Å². The molecule has 2 atom stereocenters. The van der Waals surface area contributed by atoms with Crippen LogP contribution < -0.4 is 20.1 Å². The summed E-state index contributed by atoms with van der Waals surface area (Å²) in [7, 11) is 0. The highest BCUT2D eigenvalue weighted by atomic mass is 16.6. The molecule has 2 unspecified atom stereocenters. The maximum absolute atomic E-state index is 13.1. The molecule has 152 valence electrons. The van der Waals surface area contributed by atoms with Crippen LogP contribution >= 0.6 is 0 Å². The molecule has 0 aromatic heterocycles. The summed E-state index contributed by atoms with van der Waals surface area (Å²) in [5.41, 5.74) is 0.643. The highest BCUT2D eigenvalue weighted by Gasteiger charge is 2.37. The minimum atomic E-state index is -0.217. The topological polar surface area (TPSA) is 89.1 Å². The third kappa shape index (κ3) is 4.16. The van der Waals surface area contributed by atoms with Crippen molar-refractivity contribution < 1.29 is 23.8 Å². The van der Waals surface area contributed by atoms with Crippen molar-refractivity contribution in [1.29, 1.82) is 0 Å². The summed E-state index contributed by atoms with van der Waals surface area (Å²) in [6.45, 7) is 2.91. The first-order valence-electron chi connectivity index (χ1n) is 10.0. The fourth-order valence-corrected chi connectivity index (χ4v) is 4.17. The molecule has 1 aromatic carbocycles. The minimum Gasteiger partial charge on any atom is -0.486 e.